The van der Waals surface area contributed by atoms with E-state index in [0.717, 1.165) is 0 Å². The number of nitrogens with zero attached hydrogens (tertiary/aromatic N) is 1. The van der Waals surface area contributed by atoms with Crippen molar-refractivity contribution in [2.45, 2.75) is 13.5 Å². The number of aryl methyl sites for hydroxylation is 1. The largest absolute Gasteiger partial charge is 0.489 e. The van der Waals surface area contributed by atoms with Crippen molar-refractivity contribution in [3.8, 4) is 5.75 Å². The Morgan fingerprint density at radius 2 is 2.05 bits per heavy atom. The monoisotopic (exact) mass is 295 g/mol. The van der Waals surface area contributed by atoms with Crippen molar-refractivity contribution in [3.05, 3.63) is 68.5 Å². The van der Waals surface area contributed by atoms with E-state index in [1.165, 1.54) is 30.3 Å². The zero-order chi connectivity index (χ0) is 14.7. The summed E-state index contributed by atoms with van der Waals surface area (Å²) >= 11 is 5.73. The lowest BCUT2D eigenvalue weighted by atomic mass is 10.2. The highest BCUT2D eigenvalue weighted by Gasteiger charge is 2.13. The fourth-order valence-electron chi connectivity index (χ4n) is 1.72. The molecule has 0 aliphatic rings. The average Bonchev–Trinajstić information content (AvgIpc) is 2.39. The quantitative estimate of drug-likeness (QED) is 0.625. The Morgan fingerprint density at radius 3 is 2.70 bits per heavy atom. The maximum Gasteiger partial charge on any atom is 0.288 e. The van der Waals surface area contributed by atoms with E-state index in [4.69, 9.17) is 16.3 Å². The predicted octanol–water partition coefficient (Wildman–Crippen LogP) is 4.27. The van der Waals surface area contributed by atoms with Crippen molar-refractivity contribution in [1.29, 1.82) is 0 Å². The Bertz CT molecular complexity index is 661. The fourth-order valence-corrected chi connectivity index (χ4v) is 1.91. The van der Waals surface area contributed by atoms with Gasteiger partial charge in [-0.3, -0.25) is 10.1 Å². The zero-order valence-electron chi connectivity index (χ0n) is 10.6. The minimum Gasteiger partial charge on any atom is -0.489 e. The van der Waals surface area contributed by atoms with E-state index in [1.807, 2.05) is 0 Å². The molecule has 0 spiro atoms. The second kappa shape index (κ2) is 5.88. The first-order chi connectivity index (χ1) is 9.47. The molecule has 0 N–H and O–H groups in total. The zero-order valence-corrected chi connectivity index (χ0v) is 11.4. The van der Waals surface area contributed by atoms with E-state index < -0.39 is 4.92 Å². The second-order valence-electron chi connectivity index (χ2n) is 4.24. The van der Waals surface area contributed by atoms with Gasteiger partial charge in [0.15, 0.2) is 0 Å². The molecule has 2 aromatic carbocycles. The molecule has 0 amide bonds. The maximum absolute atomic E-state index is 13.0. The minimum atomic E-state index is -0.547. The summed E-state index contributed by atoms with van der Waals surface area (Å²) in [6, 6.07) is 8.65. The molecule has 0 aliphatic heterocycles. The summed E-state index contributed by atoms with van der Waals surface area (Å²) in [5.41, 5.74) is 1.11. The van der Waals surface area contributed by atoms with Crippen molar-refractivity contribution in [1.82, 2.24) is 0 Å². The normalized spacial score (nSPS) is 10.3. The lowest BCUT2D eigenvalue weighted by Gasteiger charge is -2.09. The van der Waals surface area contributed by atoms with Crippen molar-refractivity contribution >= 4 is 17.3 Å². The Balaban J connectivity index is 2.15. The number of halogens is 2. The summed E-state index contributed by atoms with van der Waals surface area (Å²) in [7, 11) is 0. The van der Waals surface area contributed by atoms with Crippen molar-refractivity contribution in [2.75, 3.05) is 0 Å². The second-order valence-corrected chi connectivity index (χ2v) is 4.65. The van der Waals surface area contributed by atoms with Gasteiger partial charge in [0.1, 0.15) is 23.2 Å². The number of hydrogen-bond acceptors (Lipinski definition) is 3. The van der Waals surface area contributed by atoms with Gasteiger partial charge in [-0.2, -0.15) is 0 Å². The topological polar surface area (TPSA) is 52.4 Å². The highest BCUT2D eigenvalue weighted by Crippen LogP contribution is 2.26. The molecule has 0 heterocycles. The number of hydrogen-bond donors (Lipinski definition) is 0. The van der Waals surface area contributed by atoms with Crippen molar-refractivity contribution in [3.63, 3.8) is 0 Å². The van der Waals surface area contributed by atoms with Crippen LogP contribution in [0.25, 0.3) is 0 Å². The van der Waals surface area contributed by atoms with Gasteiger partial charge in [-0.25, -0.2) is 4.39 Å². The maximum atomic E-state index is 13.0. The molecule has 4 nitrogen and oxygen atoms in total. The minimum absolute atomic E-state index is 0.0803. The van der Waals surface area contributed by atoms with E-state index in [2.05, 4.69) is 0 Å². The fraction of sp³-hybridized carbons (Fsp3) is 0.143. The molecule has 0 unspecified atom stereocenters. The summed E-state index contributed by atoms with van der Waals surface area (Å²) < 4.78 is 18.5. The molecule has 0 atom stereocenters. The van der Waals surface area contributed by atoms with Crippen LogP contribution in [-0.2, 0) is 6.61 Å². The van der Waals surface area contributed by atoms with E-state index in [0.29, 0.717) is 16.9 Å². The Morgan fingerprint density at radius 1 is 1.30 bits per heavy atom. The Kier molecular flexibility index (Phi) is 4.20. The van der Waals surface area contributed by atoms with Crippen LogP contribution in [0.3, 0.4) is 0 Å². The van der Waals surface area contributed by atoms with Gasteiger partial charge in [0.25, 0.3) is 5.69 Å². The standard InChI is InChI=1S/C14H11ClFNO3/c1-9-6-11(16)3-5-14(9)20-8-10-2-4-12(15)13(7-10)17(18)19/h2-7H,8H2,1H3. The molecular weight excluding hydrogens is 285 g/mol. The number of benzene rings is 2. The Hall–Kier alpha value is -2.14. The van der Waals surface area contributed by atoms with Crippen molar-refractivity contribution < 1.29 is 14.1 Å². The molecule has 0 fully saturated rings. The van der Waals surface area contributed by atoms with Crippen LogP contribution in [-0.4, -0.2) is 4.92 Å². The average molecular weight is 296 g/mol. The molecule has 0 aliphatic carbocycles. The van der Waals surface area contributed by atoms with Gasteiger partial charge in [0.05, 0.1) is 4.92 Å². The molecule has 6 heteroatoms. The first-order valence-corrected chi connectivity index (χ1v) is 6.17. The van der Waals surface area contributed by atoms with E-state index in [9.17, 15) is 14.5 Å². The molecule has 2 rings (SSSR count). The summed E-state index contributed by atoms with van der Waals surface area (Å²) in [4.78, 5) is 10.2. The van der Waals surface area contributed by atoms with Crippen LogP contribution in [0.1, 0.15) is 11.1 Å². The van der Waals surface area contributed by atoms with Crippen LogP contribution in [0, 0.1) is 22.9 Å². The highest BCUT2D eigenvalue weighted by atomic mass is 35.5. The molecule has 0 saturated heterocycles. The van der Waals surface area contributed by atoms with Gasteiger partial charge < -0.3 is 4.74 Å². The number of nitro benzene ring substituents is 1. The summed E-state index contributed by atoms with van der Waals surface area (Å²) in [6.45, 7) is 1.87. The third-order valence-corrected chi connectivity index (χ3v) is 3.06. The number of rotatable bonds is 4. The molecule has 20 heavy (non-hydrogen) atoms. The number of nitro groups is 1. The SMILES string of the molecule is Cc1cc(F)ccc1OCc1ccc(Cl)c([N+](=O)[O-])c1. The number of ether oxygens (including phenoxy) is 1. The molecule has 104 valence electrons. The van der Waals surface area contributed by atoms with E-state index in [-0.39, 0.29) is 23.1 Å². The van der Waals surface area contributed by atoms with Gasteiger partial charge >= 0.3 is 0 Å². The van der Waals surface area contributed by atoms with Crippen LogP contribution in [0.4, 0.5) is 10.1 Å². The smallest absolute Gasteiger partial charge is 0.288 e. The van der Waals surface area contributed by atoms with Crippen LogP contribution in [0.2, 0.25) is 5.02 Å². The molecular formula is C14H11ClFNO3. The van der Waals surface area contributed by atoms with Crippen LogP contribution >= 0.6 is 11.6 Å². The lowest BCUT2D eigenvalue weighted by Crippen LogP contribution is -1.99. The summed E-state index contributed by atoms with van der Waals surface area (Å²) in [6.07, 6.45) is 0. The lowest BCUT2D eigenvalue weighted by molar-refractivity contribution is -0.384. The highest BCUT2D eigenvalue weighted by molar-refractivity contribution is 6.32. The van der Waals surface area contributed by atoms with Gasteiger partial charge in [0, 0.05) is 6.07 Å². The third kappa shape index (κ3) is 3.24. The van der Waals surface area contributed by atoms with Gasteiger partial charge in [-0.05, 0) is 42.3 Å². The predicted molar refractivity (Wildman–Crippen MR) is 73.6 cm³/mol. The van der Waals surface area contributed by atoms with Gasteiger partial charge in [-0.15, -0.1) is 0 Å². The molecule has 0 aromatic heterocycles. The molecule has 0 saturated carbocycles. The van der Waals surface area contributed by atoms with Gasteiger partial charge in [-0.1, -0.05) is 17.7 Å². The van der Waals surface area contributed by atoms with Gasteiger partial charge in [0.2, 0.25) is 0 Å². The van der Waals surface area contributed by atoms with E-state index in [1.54, 1.807) is 13.0 Å². The van der Waals surface area contributed by atoms with Crippen molar-refractivity contribution in [2.24, 2.45) is 0 Å². The van der Waals surface area contributed by atoms with Crippen LogP contribution < -0.4 is 4.74 Å². The first kappa shape index (κ1) is 14.3. The van der Waals surface area contributed by atoms with E-state index >= 15 is 0 Å². The molecule has 0 bridgehead atoms. The first-order valence-electron chi connectivity index (χ1n) is 5.79. The summed E-state index contributed by atoms with van der Waals surface area (Å²) in [5, 5.41) is 10.9. The third-order valence-electron chi connectivity index (χ3n) is 2.74. The molecule has 0 radical (unpaired) electrons. The van der Waals surface area contributed by atoms with Crippen LogP contribution in [0.5, 0.6) is 5.75 Å². The molecule has 2 aromatic rings. The van der Waals surface area contributed by atoms with Crippen LogP contribution in [0.15, 0.2) is 36.4 Å². The Labute approximate surface area is 119 Å². The summed E-state index contributed by atoms with van der Waals surface area (Å²) in [5.74, 6) is 0.195.